The van der Waals surface area contributed by atoms with Crippen molar-refractivity contribution in [1.29, 1.82) is 0 Å². The monoisotopic (exact) mass is 529 g/mol. The number of aryl methyl sites for hydroxylation is 1. The van der Waals surface area contributed by atoms with Gasteiger partial charge in [0.15, 0.2) is 5.75 Å². The molecule has 5 atom stereocenters. The molecule has 1 aliphatic heterocycles. The van der Waals surface area contributed by atoms with Gasteiger partial charge in [0, 0.05) is 0 Å². The molecule has 3 saturated carbocycles. The Bertz CT molecular complexity index is 1130. The fourth-order valence-corrected chi connectivity index (χ4v) is 6.92. The zero-order chi connectivity index (χ0) is 25.7. The van der Waals surface area contributed by atoms with Gasteiger partial charge in [-0.15, -0.1) is 0 Å². The van der Waals surface area contributed by atoms with E-state index in [9.17, 15) is 4.79 Å². The smallest absolute Gasteiger partial charge is 0.482 e. The lowest BCUT2D eigenvalue weighted by Gasteiger charge is -2.64. The highest BCUT2D eigenvalue weighted by molar-refractivity contribution is 6.48. The number of hydrogen-bond acceptors (Lipinski definition) is 4. The normalized spacial score (nSPS) is 28.7. The first-order valence-corrected chi connectivity index (χ1v) is 13.6. The third-order valence-corrected chi connectivity index (χ3v) is 9.53. The molecule has 1 N–H and O–H groups in total. The van der Waals surface area contributed by atoms with Gasteiger partial charge in [0.2, 0.25) is 5.91 Å². The van der Waals surface area contributed by atoms with Crippen molar-refractivity contribution in [3.05, 3.63) is 63.6 Å². The van der Waals surface area contributed by atoms with E-state index in [-0.39, 0.29) is 42.0 Å². The van der Waals surface area contributed by atoms with Gasteiger partial charge in [-0.2, -0.15) is 0 Å². The van der Waals surface area contributed by atoms with E-state index in [2.05, 4.69) is 38.2 Å². The molecule has 2 aromatic carbocycles. The minimum atomic E-state index is -0.499. The number of halogens is 2. The molecule has 3 unspecified atom stereocenters. The average molecular weight is 530 g/mol. The highest BCUT2D eigenvalue weighted by Gasteiger charge is 2.68. The lowest BCUT2D eigenvalue weighted by molar-refractivity contribution is -0.199. The Morgan fingerprint density at radius 2 is 1.92 bits per heavy atom. The van der Waals surface area contributed by atoms with Crippen LogP contribution in [0.1, 0.15) is 51.2 Å². The molecule has 3 aliphatic carbocycles. The Kier molecular flexibility index (Phi) is 7.10. The highest BCUT2D eigenvalue weighted by atomic mass is 35.5. The summed E-state index contributed by atoms with van der Waals surface area (Å²) in [4.78, 5) is 13.0. The Labute approximate surface area is 224 Å². The molecule has 6 rings (SSSR count). The number of amides is 1. The standard InChI is InChI=1S/C28H34BCl2NO4/c1-17-10-11-20(30)26(25(17)31)34-13-12-24(33)32-23(14-18-8-6-5-7-9-18)29-35-22-16-19-15-21(27(19,2)3)28(22,4)36-29/h5-11,19,21-23H,12-16H2,1-4H3,(H,32,33)/t19?,21?,22-,23?,28+/m1/s1. The highest BCUT2D eigenvalue weighted by Crippen LogP contribution is 2.65. The van der Waals surface area contributed by atoms with Crippen molar-refractivity contribution >= 4 is 36.2 Å². The molecule has 2 aromatic rings. The molecule has 1 amide bonds. The van der Waals surface area contributed by atoms with Gasteiger partial charge in [0.25, 0.3) is 0 Å². The van der Waals surface area contributed by atoms with Crippen LogP contribution in [0.5, 0.6) is 5.75 Å². The first-order valence-electron chi connectivity index (χ1n) is 12.8. The number of rotatable bonds is 8. The molecule has 4 fully saturated rings. The van der Waals surface area contributed by atoms with E-state index in [1.54, 1.807) is 6.07 Å². The SMILES string of the molecule is Cc1ccc(Cl)c(OCCC(=O)NC(Cc2ccccc2)B2O[C@@H]3CC4CC(C4(C)C)[C@]3(C)O2)c1Cl. The Morgan fingerprint density at radius 1 is 1.17 bits per heavy atom. The number of carbonyl (C=O) groups is 1. The van der Waals surface area contributed by atoms with Gasteiger partial charge in [-0.1, -0.05) is 73.4 Å². The predicted molar refractivity (Wildman–Crippen MR) is 143 cm³/mol. The van der Waals surface area contributed by atoms with Crippen molar-refractivity contribution in [2.45, 2.75) is 71.0 Å². The van der Waals surface area contributed by atoms with E-state index < -0.39 is 7.12 Å². The van der Waals surface area contributed by atoms with Crippen LogP contribution < -0.4 is 10.1 Å². The summed E-state index contributed by atoms with van der Waals surface area (Å²) in [6.07, 6.45) is 3.04. The number of hydrogen-bond donors (Lipinski definition) is 1. The molecule has 36 heavy (non-hydrogen) atoms. The minimum Gasteiger partial charge on any atom is -0.490 e. The summed E-state index contributed by atoms with van der Waals surface area (Å²) in [5, 5.41) is 4.07. The zero-order valence-electron chi connectivity index (χ0n) is 21.4. The Balaban J connectivity index is 1.26. The summed E-state index contributed by atoms with van der Waals surface area (Å²) >= 11 is 12.6. The van der Waals surface area contributed by atoms with Crippen LogP contribution in [-0.2, 0) is 20.5 Å². The van der Waals surface area contributed by atoms with Gasteiger partial charge in [-0.3, -0.25) is 4.79 Å². The Hall–Kier alpha value is -1.73. The van der Waals surface area contributed by atoms with Crippen molar-refractivity contribution < 1.29 is 18.8 Å². The second kappa shape index (κ2) is 9.87. The predicted octanol–water partition coefficient (Wildman–Crippen LogP) is 6.07. The first-order chi connectivity index (χ1) is 17.1. The Morgan fingerprint density at radius 3 is 2.64 bits per heavy atom. The molecular formula is C28H34BCl2NO4. The summed E-state index contributed by atoms with van der Waals surface area (Å²) in [5.41, 5.74) is 1.92. The third kappa shape index (κ3) is 4.66. The largest absolute Gasteiger partial charge is 0.490 e. The van der Waals surface area contributed by atoms with Crippen LogP contribution in [0.25, 0.3) is 0 Å². The number of carbonyl (C=O) groups excluding carboxylic acids is 1. The molecule has 1 heterocycles. The van der Waals surface area contributed by atoms with Crippen LogP contribution in [0.2, 0.25) is 10.0 Å². The van der Waals surface area contributed by atoms with Gasteiger partial charge >= 0.3 is 7.12 Å². The van der Waals surface area contributed by atoms with Crippen LogP contribution in [-0.4, -0.2) is 37.3 Å². The second-order valence-electron chi connectivity index (χ2n) is 11.3. The lowest BCUT2D eigenvalue weighted by Crippen LogP contribution is -2.65. The van der Waals surface area contributed by atoms with Crippen LogP contribution in [0.15, 0.2) is 42.5 Å². The fraction of sp³-hybridized carbons (Fsp3) is 0.536. The van der Waals surface area contributed by atoms with Gasteiger partial charge in [-0.25, -0.2) is 0 Å². The summed E-state index contributed by atoms with van der Waals surface area (Å²) in [5.74, 6) is 1.10. The van der Waals surface area contributed by atoms with Gasteiger partial charge < -0.3 is 19.4 Å². The molecule has 8 heteroatoms. The molecule has 4 aliphatic rings. The van der Waals surface area contributed by atoms with Crippen LogP contribution in [0, 0.1) is 24.2 Å². The summed E-state index contributed by atoms with van der Waals surface area (Å²) in [7, 11) is -0.499. The van der Waals surface area contributed by atoms with E-state index in [0.717, 1.165) is 17.5 Å². The van der Waals surface area contributed by atoms with E-state index >= 15 is 0 Å². The van der Waals surface area contributed by atoms with Gasteiger partial charge in [0.1, 0.15) is 0 Å². The van der Waals surface area contributed by atoms with Crippen LogP contribution in [0.3, 0.4) is 0 Å². The maximum Gasteiger partial charge on any atom is 0.482 e. The van der Waals surface area contributed by atoms with E-state index in [1.807, 2.05) is 31.2 Å². The molecule has 192 valence electrons. The van der Waals surface area contributed by atoms with Crippen molar-refractivity contribution in [2.24, 2.45) is 17.3 Å². The summed E-state index contributed by atoms with van der Waals surface area (Å²) in [6, 6.07) is 13.7. The fourth-order valence-electron chi connectivity index (χ4n) is 6.44. The molecule has 0 aromatic heterocycles. The number of ether oxygens (including phenoxy) is 1. The van der Waals surface area contributed by atoms with Crippen molar-refractivity contribution in [3.8, 4) is 5.75 Å². The quantitative estimate of drug-likeness (QED) is 0.422. The average Bonchev–Trinajstić information content (AvgIpc) is 3.21. The minimum absolute atomic E-state index is 0.0587. The molecular weight excluding hydrogens is 496 g/mol. The number of benzene rings is 2. The third-order valence-electron chi connectivity index (χ3n) is 8.76. The molecule has 0 radical (unpaired) electrons. The molecule has 5 nitrogen and oxygen atoms in total. The maximum absolute atomic E-state index is 13.0. The lowest BCUT2D eigenvalue weighted by atomic mass is 9.43. The van der Waals surface area contributed by atoms with E-state index in [4.69, 9.17) is 37.2 Å². The van der Waals surface area contributed by atoms with Crippen molar-refractivity contribution in [3.63, 3.8) is 0 Å². The van der Waals surface area contributed by atoms with Crippen LogP contribution >= 0.6 is 23.2 Å². The zero-order valence-corrected chi connectivity index (χ0v) is 22.9. The van der Waals surface area contributed by atoms with Crippen molar-refractivity contribution in [1.82, 2.24) is 5.32 Å². The first kappa shape index (κ1) is 25.9. The number of nitrogens with one attached hydrogen (secondary N) is 1. The molecule has 1 saturated heterocycles. The van der Waals surface area contributed by atoms with E-state index in [1.165, 1.54) is 6.42 Å². The summed E-state index contributed by atoms with van der Waals surface area (Å²) in [6.45, 7) is 8.94. The maximum atomic E-state index is 13.0. The van der Waals surface area contributed by atoms with Gasteiger partial charge in [0.05, 0.1) is 40.7 Å². The van der Waals surface area contributed by atoms with Crippen molar-refractivity contribution in [2.75, 3.05) is 6.61 Å². The molecule has 2 bridgehead atoms. The van der Waals surface area contributed by atoms with E-state index in [0.29, 0.717) is 34.1 Å². The molecule has 0 spiro atoms. The van der Waals surface area contributed by atoms with Gasteiger partial charge in [-0.05, 0) is 67.6 Å². The van der Waals surface area contributed by atoms with Crippen LogP contribution in [0.4, 0.5) is 0 Å². The topological polar surface area (TPSA) is 56.8 Å². The summed E-state index contributed by atoms with van der Waals surface area (Å²) < 4.78 is 19.0. The second-order valence-corrected chi connectivity index (χ2v) is 12.1.